The molecule has 1 atom stereocenters. The Labute approximate surface area is 77.9 Å². The summed E-state index contributed by atoms with van der Waals surface area (Å²) < 4.78 is 26.1. The lowest BCUT2D eigenvalue weighted by Crippen LogP contribution is -2.03. The lowest BCUT2D eigenvalue weighted by Gasteiger charge is -2.07. The minimum absolute atomic E-state index is 0.681. The molecule has 1 N–H and O–H groups in total. The third-order valence-electron chi connectivity index (χ3n) is 1.72. The zero-order chi connectivity index (χ0) is 10.9. The Morgan fingerprint density at radius 1 is 1.50 bits per heavy atom. The molecule has 0 aromatic heterocycles. The molecular weight excluding hydrogens is 196 g/mol. The van der Waals surface area contributed by atoms with E-state index in [0.717, 1.165) is 19.1 Å². The molecular formula is C8H7F2NO3. The van der Waals surface area contributed by atoms with Crippen molar-refractivity contribution in [2.75, 3.05) is 0 Å². The second kappa shape index (κ2) is 3.67. The molecule has 0 spiro atoms. The largest absolute Gasteiger partial charge is 0.388 e. The van der Waals surface area contributed by atoms with Gasteiger partial charge in [0.25, 0.3) is 0 Å². The first-order chi connectivity index (χ1) is 6.45. The zero-order valence-corrected chi connectivity index (χ0v) is 7.20. The van der Waals surface area contributed by atoms with Gasteiger partial charge in [-0.15, -0.1) is 0 Å². The first kappa shape index (κ1) is 10.5. The summed E-state index contributed by atoms with van der Waals surface area (Å²) in [5.74, 6) is -2.33. The molecule has 0 heterocycles. The van der Waals surface area contributed by atoms with E-state index in [-0.39, 0.29) is 0 Å². The summed E-state index contributed by atoms with van der Waals surface area (Å²) in [7, 11) is 0. The molecule has 0 aliphatic carbocycles. The second-order valence-corrected chi connectivity index (χ2v) is 2.73. The highest BCUT2D eigenvalue weighted by molar-refractivity contribution is 5.38. The summed E-state index contributed by atoms with van der Waals surface area (Å²) in [6, 6.07) is 1.47. The molecule has 4 nitrogen and oxygen atoms in total. The summed E-state index contributed by atoms with van der Waals surface area (Å²) in [6.07, 6.45) is -1.42. The molecule has 1 rings (SSSR count). The van der Waals surface area contributed by atoms with Gasteiger partial charge in [0.1, 0.15) is 5.82 Å². The van der Waals surface area contributed by atoms with E-state index in [1.807, 2.05) is 0 Å². The maximum absolute atomic E-state index is 13.2. The van der Waals surface area contributed by atoms with Crippen molar-refractivity contribution in [1.82, 2.24) is 0 Å². The van der Waals surface area contributed by atoms with Crippen LogP contribution >= 0.6 is 0 Å². The van der Waals surface area contributed by atoms with Gasteiger partial charge in [-0.2, -0.15) is 4.39 Å². The predicted octanol–water partition coefficient (Wildman–Crippen LogP) is 1.93. The number of aliphatic hydroxyl groups is 1. The van der Waals surface area contributed by atoms with Gasteiger partial charge in [0.05, 0.1) is 16.6 Å². The van der Waals surface area contributed by atoms with E-state index in [4.69, 9.17) is 5.11 Å². The number of hydrogen-bond donors (Lipinski definition) is 1. The molecule has 1 aromatic carbocycles. The van der Waals surface area contributed by atoms with Crippen LogP contribution in [0.3, 0.4) is 0 Å². The van der Waals surface area contributed by atoms with Crippen LogP contribution in [0.1, 0.15) is 18.6 Å². The number of nitro benzene ring substituents is 1. The van der Waals surface area contributed by atoms with Crippen molar-refractivity contribution in [3.8, 4) is 0 Å². The lowest BCUT2D eigenvalue weighted by molar-refractivity contribution is -0.387. The fourth-order valence-electron chi connectivity index (χ4n) is 1.08. The zero-order valence-electron chi connectivity index (χ0n) is 7.20. The van der Waals surface area contributed by atoms with Crippen LogP contribution in [0.25, 0.3) is 0 Å². The molecule has 0 aliphatic heterocycles. The standard InChI is InChI=1S/C8H7F2NO3/c1-4(12)7-5(9)2-3-6(8(7)10)11(13)14/h2-4,12H,1H3/t4-/m1/s1. The van der Waals surface area contributed by atoms with E-state index >= 15 is 0 Å². The highest BCUT2D eigenvalue weighted by Gasteiger charge is 2.23. The van der Waals surface area contributed by atoms with E-state index in [1.54, 1.807) is 0 Å². The van der Waals surface area contributed by atoms with Crippen molar-refractivity contribution < 1.29 is 18.8 Å². The van der Waals surface area contributed by atoms with E-state index in [1.165, 1.54) is 0 Å². The summed E-state index contributed by atoms with van der Waals surface area (Å²) >= 11 is 0. The van der Waals surface area contributed by atoms with Gasteiger partial charge in [-0.25, -0.2) is 4.39 Å². The number of hydrogen-bond acceptors (Lipinski definition) is 3. The van der Waals surface area contributed by atoms with Gasteiger partial charge >= 0.3 is 5.69 Å². The van der Waals surface area contributed by atoms with Crippen LogP contribution in [-0.2, 0) is 0 Å². The number of nitrogens with zero attached hydrogens (tertiary/aromatic N) is 1. The van der Waals surface area contributed by atoms with Crippen LogP contribution in [0.5, 0.6) is 0 Å². The van der Waals surface area contributed by atoms with E-state index in [2.05, 4.69) is 0 Å². The van der Waals surface area contributed by atoms with Gasteiger partial charge in [0.2, 0.25) is 5.82 Å². The van der Waals surface area contributed by atoms with Gasteiger partial charge in [-0.05, 0) is 13.0 Å². The van der Waals surface area contributed by atoms with Gasteiger partial charge in [0.15, 0.2) is 0 Å². The third kappa shape index (κ3) is 1.69. The van der Waals surface area contributed by atoms with Gasteiger partial charge < -0.3 is 5.11 Å². The average molecular weight is 203 g/mol. The molecule has 0 amide bonds. The topological polar surface area (TPSA) is 63.4 Å². The number of benzene rings is 1. The maximum atomic E-state index is 13.2. The van der Waals surface area contributed by atoms with Crippen molar-refractivity contribution in [2.24, 2.45) is 0 Å². The Hall–Kier alpha value is -1.56. The summed E-state index contributed by atoms with van der Waals surface area (Å²) in [5.41, 5.74) is -1.53. The quantitative estimate of drug-likeness (QED) is 0.590. The highest BCUT2D eigenvalue weighted by atomic mass is 19.1. The second-order valence-electron chi connectivity index (χ2n) is 2.73. The van der Waals surface area contributed by atoms with E-state index < -0.39 is 33.9 Å². The summed E-state index contributed by atoms with van der Waals surface area (Å²) in [4.78, 5) is 9.30. The third-order valence-corrected chi connectivity index (χ3v) is 1.72. The van der Waals surface area contributed by atoms with Crippen LogP contribution in [0.4, 0.5) is 14.5 Å². The molecule has 14 heavy (non-hydrogen) atoms. The van der Waals surface area contributed by atoms with Gasteiger partial charge in [-0.3, -0.25) is 10.1 Å². The molecule has 6 heteroatoms. The van der Waals surface area contributed by atoms with Crippen LogP contribution in [0.2, 0.25) is 0 Å². The lowest BCUT2D eigenvalue weighted by atomic mass is 10.1. The van der Waals surface area contributed by atoms with E-state index in [9.17, 15) is 18.9 Å². The number of nitro groups is 1. The Morgan fingerprint density at radius 3 is 2.50 bits per heavy atom. The number of rotatable bonds is 2. The first-order valence-electron chi connectivity index (χ1n) is 3.75. The van der Waals surface area contributed by atoms with Crippen molar-refractivity contribution in [1.29, 1.82) is 0 Å². The molecule has 0 radical (unpaired) electrons. The van der Waals surface area contributed by atoms with Crippen molar-refractivity contribution >= 4 is 5.69 Å². The average Bonchev–Trinajstić information content (AvgIpc) is 2.02. The normalized spacial score (nSPS) is 12.6. The summed E-state index contributed by atoms with van der Waals surface area (Å²) in [5, 5.41) is 19.3. The Morgan fingerprint density at radius 2 is 2.07 bits per heavy atom. The molecule has 0 saturated carbocycles. The number of aliphatic hydroxyl groups excluding tert-OH is 1. The Balaban J connectivity index is 3.41. The van der Waals surface area contributed by atoms with Crippen LogP contribution in [-0.4, -0.2) is 10.0 Å². The van der Waals surface area contributed by atoms with Crippen LogP contribution in [0, 0.1) is 21.7 Å². The Bertz CT molecular complexity index is 379. The van der Waals surface area contributed by atoms with Crippen LogP contribution < -0.4 is 0 Å². The minimum atomic E-state index is -1.42. The number of halogens is 2. The highest BCUT2D eigenvalue weighted by Crippen LogP contribution is 2.27. The molecule has 76 valence electrons. The molecule has 0 unspecified atom stereocenters. The van der Waals surface area contributed by atoms with Crippen LogP contribution in [0.15, 0.2) is 12.1 Å². The maximum Gasteiger partial charge on any atom is 0.305 e. The molecule has 0 aliphatic rings. The fourth-order valence-corrected chi connectivity index (χ4v) is 1.08. The van der Waals surface area contributed by atoms with Gasteiger partial charge in [0, 0.05) is 6.07 Å². The minimum Gasteiger partial charge on any atom is -0.388 e. The first-order valence-corrected chi connectivity index (χ1v) is 3.75. The molecule has 0 bridgehead atoms. The predicted molar refractivity (Wildman–Crippen MR) is 43.6 cm³/mol. The van der Waals surface area contributed by atoms with Crippen molar-refractivity contribution in [2.45, 2.75) is 13.0 Å². The van der Waals surface area contributed by atoms with Crippen molar-refractivity contribution in [3.63, 3.8) is 0 Å². The fraction of sp³-hybridized carbons (Fsp3) is 0.250. The van der Waals surface area contributed by atoms with Gasteiger partial charge in [-0.1, -0.05) is 0 Å². The molecule has 0 fully saturated rings. The monoisotopic (exact) mass is 203 g/mol. The SMILES string of the molecule is C[C@@H](O)c1c(F)ccc([N+](=O)[O-])c1F. The smallest absolute Gasteiger partial charge is 0.305 e. The molecule has 0 saturated heterocycles. The Kier molecular flexibility index (Phi) is 2.76. The van der Waals surface area contributed by atoms with E-state index in [0.29, 0.717) is 0 Å². The summed E-state index contributed by atoms with van der Waals surface area (Å²) in [6.45, 7) is 1.13. The van der Waals surface area contributed by atoms with Crippen molar-refractivity contribution in [3.05, 3.63) is 39.4 Å². The molecule has 1 aromatic rings.